The molecule has 0 amide bonds. The number of carboxylic acids is 1. The number of carbonyl (C=O) groups is 1. The quantitative estimate of drug-likeness (QED) is 0.369. The number of aliphatic hydroxyl groups is 2. The van der Waals surface area contributed by atoms with Crippen LogP contribution in [0.5, 0.6) is 0 Å². The zero-order valence-electron chi connectivity index (χ0n) is 12.7. The zero-order chi connectivity index (χ0) is 18.2. The van der Waals surface area contributed by atoms with Crippen LogP contribution in [0.15, 0.2) is 53.5 Å². The second-order valence-electron chi connectivity index (χ2n) is 5.42. The second kappa shape index (κ2) is 5.96. The van der Waals surface area contributed by atoms with E-state index in [4.69, 9.17) is 0 Å². The first-order valence-electron chi connectivity index (χ1n) is 7.17. The largest absolute Gasteiger partial charge is 0.479 e. The standard InChI is InChI=1S/C16H13N3O6/c20-15(21)14-16(22,23)18-12-7-6-10(19(24)25)8-11(12)13(17-14)9-4-2-1-3-5-9/h1-8,14,18,22-23H,(H,20,21). The van der Waals surface area contributed by atoms with E-state index in [-0.39, 0.29) is 22.6 Å². The van der Waals surface area contributed by atoms with Crippen molar-refractivity contribution < 1.29 is 25.0 Å². The summed E-state index contributed by atoms with van der Waals surface area (Å²) in [7, 11) is 0. The number of nitrogens with zero attached hydrogens (tertiary/aromatic N) is 2. The fourth-order valence-corrected chi connectivity index (χ4v) is 2.56. The minimum atomic E-state index is -2.87. The smallest absolute Gasteiger partial charge is 0.336 e. The Hall–Kier alpha value is -3.30. The maximum Gasteiger partial charge on any atom is 0.336 e. The number of benzodiazepines with no additional fused rings is 1. The van der Waals surface area contributed by atoms with Gasteiger partial charge in [-0.3, -0.25) is 15.1 Å². The normalized spacial score (nSPS) is 18.3. The van der Waals surface area contributed by atoms with Gasteiger partial charge in [0.15, 0.2) is 0 Å². The molecule has 1 aliphatic heterocycles. The molecule has 2 aromatic rings. The molecule has 9 heteroatoms. The summed E-state index contributed by atoms with van der Waals surface area (Å²) < 4.78 is 0. The lowest BCUT2D eigenvalue weighted by molar-refractivity contribution is -0.384. The van der Waals surface area contributed by atoms with Crippen molar-refractivity contribution in [3.05, 3.63) is 69.8 Å². The van der Waals surface area contributed by atoms with E-state index in [1.165, 1.54) is 18.2 Å². The van der Waals surface area contributed by atoms with Gasteiger partial charge in [-0.05, 0) is 6.07 Å². The summed E-state index contributed by atoms with van der Waals surface area (Å²) in [6.07, 6.45) is 0. The lowest BCUT2D eigenvalue weighted by Crippen LogP contribution is -2.51. The molecule has 3 rings (SSSR count). The van der Waals surface area contributed by atoms with Crippen molar-refractivity contribution in [1.29, 1.82) is 0 Å². The molecular weight excluding hydrogens is 330 g/mol. The van der Waals surface area contributed by atoms with E-state index in [1.807, 2.05) is 0 Å². The van der Waals surface area contributed by atoms with Crippen molar-refractivity contribution >= 4 is 23.1 Å². The fourth-order valence-electron chi connectivity index (χ4n) is 2.56. The Balaban J connectivity index is 2.29. The maximum absolute atomic E-state index is 11.5. The van der Waals surface area contributed by atoms with E-state index in [9.17, 15) is 30.2 Å². The van der Waals surface area contributed by atoms with Crippen molar-refractivity contribution in [2.45, 2.75) is 12.0 Å². The molecule has 0 bridgehead atoms. The summed E-state index contributed by atoms with van der Waals surface area (Å²) in [6.45, 7) is 0. The molecule has 0 aromatic heterocycles. The number of nitrogens with one attached hydrogen (secondary N) is 1. The number of aliphatic imine (C=N–C) groups is 1. The molecule has 0 fully saturated rings. The van der Waals surface area contributed by atoms with Crippen LogP contribution in [0.4, 0.5) is 11.4 Å². The summed E-state index contributed by atoms with van der Waals surface area (Å²) in [4.78, 5) is 25.9. The van der Waals surface area contributed by atoms with Crippen molar-refractivity contribution in [3.8, 4) is 0 Å². The molecule has 1 atom stereocenters. The molecule has 1 aliphatic rings. The second-order valence-corrected chi connectivity index (χ2v) is 5.42. The first-order chi connectivity index (χ1) is 11.8. The Kier molecular flexibility index (Phi) is 3.95. The van der Waals surface area contributed by atoms with E-state index >= 15 is 0 Å². The van der Waals surface area contributed by atoms with Gasteiger partial charge >= 0.3 is 5.97 Å². The van der Waals surface area contributed by atoms with Crippen molar-refractivity contribution in [2.75, 3.05) is 5.32 Å². The third-order valence-electron chi connectivity index (χ3n) is 3.71. The number of nitro groups is 1. The first kappa shape index (κ1) is 16.6. The van der Waals surface area contributed by atoms with Gasteiger partial charge in [0.2, 0.25) is 6.04 Å². The van der Waals surface area contributed by atoms with Gasteiger partial charge in [0.1, 0.15) is 0 Å². The molecule has 25 heavy (non-hydrogen) atoms. The van der Waals surface area contributed by atoms with Gasteiger partial charge in [0.25, 0.3) is 11.6 Å². The lowest BCUT2D eigenvalue weighted by atomic mass is 10.00. The SMILES string of the molecule is O=C(O)C1N=C(c2ccccc2)c2cc([N+](=O)[O-])ccc2NC1(O)O. The third kappa shape index (κ3) is 3.05. The number of fused-ring (bicyclic) bond motifs is 1. The molecule has 9 nitrogen and oxygen atoms in total. The summed E-state index contributed by atoms with van der Waals surface area (Å²) in [5, 5.41) is 42.9. The number of benzene rings is 2. The van der Waals surface area contributed by atoms with Gasteiger partial charge in [-0.15, -0.1) is 0 Å². The lowest BCUT2D eigenvalue weighted by Gasteiger charge is -2.25. The number of non-ortho nitro benzene ring substituents is 1. The van der Waals surface area contributed by atoms with E-state index in [1.54, 1.807) is 30.3 Å². The highest BCUT2D eigenvalue weighted by Gasteiger charge is 2.43. The molecule has 0 spiro atoms. The van der Waals surface area contributed by atoms with E-state index in [0.29, 0.717) is 5.56 Å². The Morgan fingerprint density at radius 1 is 1.20 bits per heavy atom. The molecule has 1 unspecified atom stereocenters. The van der Waals surface area contributed by atoms with Crippen LogP contribution in [0.3, 0.4) is 0 Å². The van der Waals surface area contributed by atoms with Crippen LogP contribution < -0.4 is 5.32 Å². The van der Waals surface area contributed by atoms with Crippen LogP contribution in [0.1, 0.15) is 11.1 Å². The number of aliphatic carboxylic acids is 1. The van der Waals surface area contributed by atoms with Crippen LogP contribution >= 0.6 is 0 Å². The molecule has 2 aromatic carbocycles. The number of nitro benzene ring substituents is 1. The minimum absolute atomic E-state index is 0.101. The molecule has 0 aliphatic carbocycles. The summed E-state index contributed by atoms with van der Waals surface area (Å²) in [5.41, 5.74) is 0.650. The molecule has 4 N–H and O–H groups in total. The Labute approximate surface area is 141 Å². The molecule has 128 valence electrons. The number of rotatable bonds is 3. The predicted octanol–water partition coefficient (Wildman–Crippen LogP) is 0.949. The van der Waals surface area contributed by atoms with E-state index in [2.05, 4.69) is 10.3 Å². The van der Waals surface area contributed by atoms with E-state index in [0.717, 1.165) is 0 Å². The first-order valence-corrected chi connectivity index (χ1v) is 7.17. The molecule has 0 saturated carbocycles. The predicted molar refractivity (Wildman–Crippen MR) is 87.4 cm³/mol. The molecule has 0 saturated heterocycles. The van der Waals surface area contributed by atoms with Gasteiger partial charge in [-0.2, -0.15) is 0 Å². The average molecular weight is 343 g/mol. The van der Waals surface area contributed by atoms with Crippen LogP contribution in [0.25, 0.3) is 0 Å². The minimum Gasteiger partial charge on any atom is -0.479 e. The topological polar surface area (TPSA) is 145 Å². The summed E-state index contributed by atoms with van der Waals surface area (Å²) in [5.74, 6) is -4.43. The number of hydrogen-bond acceptors (Lipinski definition) is 7. The fraction of sp³-hybridized carbons (Fsp3) is 0.125. The number of anilines is 1. The monoisotopic (exact) mass is 343 g/mol. The Bertz CT molecular complexity index is 879. The van der Waals surface area contributed by atoms with Crippen molar-refractivity contribution in [1.82, 2.24) is 0 Å². The third-order valence-corrected chi connectivity index (χ3v) is 3.71. The van der Waals surface area contributed by atoms with Gasteiger partial charge in [0, 0.05) is 28.9 Å². The zero-order valence-corrected chi connectivity index (χ0v) is 12.7. The molecular formula is C16H13N3O6. The maximum atomic E-state index is 11.5. The van der Waals surface area contributed by atoms with Crippen molar-refractivity contribution in [2.24, 2.45) is 4.99 Å². The van der Waals surface area contributed by atoms with Crippen molar-refractivity contribution in [3.63, 3.8) is 0 Å². The number of hydrogen-bond donors (Lipinski definition) is 4. The van der Waals surface area contributed by atoms with Crippen LogP contribution in [-0.2, 0) is 4.79 Å². The molecule has 0 radical (unpaired) electrons. The average Bonchev–Trinajstić information content (AvgIpc) is 2.67. The van der Waals surface area contributed by atoms with Gasteiger partial charge in [-0.1, -0.05) is 30.3 Å². The highest BCUT2D eigenvalue weighted by Crippen LogP contribution is 2.31. The van der Waals surface area contributed by atoms with Gasteiger partial charge in [0.05, 0.1) is 10.6 Å². The van der Waals surface area contributed by atoms with Crippen LogP contribution in [-0.4, -0.2) is 43.9 Å². The van der Waals surface area contributed by atoms with Crippen LogP contribution in [0.2, 0.25) is 0 Å². The highest BCUT2D eigenvalue weighted by atomic mass is 16.6. The van der Waals surface area contributed by atoms with Gasteiger partial charge in [-0.25, -0.2) is 4.79 Å². The van der Waals surface area contributed by atoms with Crippen LogP contribution in [0, 0.1) is 10.1 Å². The molecule has 1 heterocycles. The summed E-state index contributed by atoms with van der Waals surface area (Å²) in [6, 6.07) is 10.1. The summed E-state index contributed by atoms with van der Waals surface area (Å²) >= 11 is 0. The Morgan fingerprint density at radius 2 is 1.88 bits per heavy atom. The highest BCUT2D eigenvalue weighted by molar-refractivity contribution is 6.17. The number of carboxylic acid groups (broad SMARTS) is 1. The van der Waals surface area contributed by atoms with E-state index < -0.39 is 22.8 Å². The van der Waals surface area contributed by atoms with Gasteiger partial charge < -0.3 is 20.6 Å². The Morgan fingerprint density at radius 3 is 2.48 bits per heavy atom.